The summed E-state index contributed by atoms with van der Waals surface area (Å²) in [5, 5.41) is 8.78. The first kappa shape index (κ1) is 20.9. The minimum absolute atomic E-state index is 0.0784. The fraction of sp³-hybridized carbons (Fsp3) is 0.136. The lowest BCUT2D eigenvalue weighted by molar-refractivity contribution is -0.139. The maximum Gasteiger partial charge on any atom is 0.310 e. The van der Waals surface area contributed by atoms with Gasteiger partial charge < -0.3 is 9.47 Å². The van der Waals surface area contributed by atoms with Crippen LogP contribution in [0.5, 0.6) is 5.88 Å². The summed E-state index contributed by atoms with van der Waals surface area (Å²) in [4.78, 5) is 15.4. The Hall–Kier alpha value is -3.86. The second-order valence-electron chi connectivity index (χ2n) is 6.24. The van der Waals surface area contributed by atoms with Crippen molar-refractivity contribution in [1.82, 2.24) is 4.98 Å². The molecule has 0 unspecified atom stereocenters. The van der Waals surface area contributed by atoms with E-state index in [4.69, 9.17) is 10.00 Å². The smallest absolute Gasteiger partial charge is 0.310 e. The fourth-order valence-corrected chi connectivity index (χ4v) is 2.68. The number of ether oxygens (including phenoxy) is 2. The number of benzene rings is 2. The Kier molecular flexibility index (Phi) is 6.32. The van der Waals surface area contributed by atoms with E-state index in [1.807, 2.05) is 6.07 Å². The Bertz CT molecular complexity index is 1140. The van der Waals surface area contributed by atoms with E-state index >= 15 is 0 Å². The van der Waals surface area contributed by atoms with E-state index in [-0.39, 0.29) is 40.4 Å². The fourth-order valence-electron chi connectivity index (χ4n) is 2.68. The molecular weight excluding hydrogens is 397 g/mol. The first-order valence-electron chi connectivity index (χ1n) is 8.74. The number of pyridine rings is 1. The highest BCUT2D eigenvalue weighted by molar-refractivity contribution is 5.73. The molecule has 0 bridgehead atoms. The second-order valence-corrected chi connectivity index (χ2v) is 6.24. The average molecular weight is 412 g/mol. The van der Waals surface area contributed by atoms with Crippen molar-refractivity contribution in [2.75, 3.05) is 7.11 Å². The molecule has 0 aliphatic rings. The molecule has 0 aliphatic heterocycles. The van der Waals surface area contributed by atoms with Crippen molar-refractivity contribution in [3.63, 3.8) is 0 Å². The topological polar surface area (TPSA) is 72.2 Å². The quantitative estimate of drug-likeness (QED) is 0.564. The van der Waals surface area contributed by atoms with E-state index in [2.05, 4.69) is 9.72 Å². The predicted octanol–water partition coefficient (Wildman–Crippen LogP) is 4.33. The van der Waals surface area contributed by atoms with Crippen LogP contribution in [-0.2, 0) is 22.6 Å². The molecule has 0 amide bonds. The monoisotopic (exact) mass is 412 g/mol. The van der Waals surface area contributed by atoms with Crippen molar-refractivity contribution in [1.29, 1.82) is 5.26 Å². The molecule has 2 aromatic carbocycles. The van der Waals surface area contributed by atoms with Crippen molar-refractivity contribution >= 4 is 5.97 Å². The molecule has 0 saturated carbocycles. The summed E-state index contributed by atoms with van der Waals surface area (Å²) in [5.41, 5.74) is 0.256. The molecule has 8 heteroatoms. The van der Waals surface area contributed by atoms with Gasteiger partial charge in [-0.2, -0.15) is 5.26 Å². The lowest BCUT2D eigenvalue weighted by atomic mass is 10.0. The van der Waals surface area contributed by atoms with E-state index in [1.54, 1.807) is 0 Å². The third-order valence-electron chi connectivity index (χ3n) is 4.26. The summed E-state index contributed by atoms with van der Waals surface area (Å²) in [6.45, 7) is -0.164. The number of nitriles is 1. The van der Waals surface area contributed by atoms with Crippen LogP contribution in [0.4, 0.5) is 13.2 Å². The molecule has 0 radical (unpaired) electrons. The van der Waals surface area contributed by atoms with Gasteiger partial charge in [0.2, 0.25) is 5.88 Å². The number of aromatic nitrogens is 1. The molecule has 0 saturated heterocycles. The van der Waals surface area contributed by atoms with Crippen LogP contribution in [0.25, 0.3) is 11.3 Å². The molecule has 0 spiro atoms. The minimum Gasteiger partial charge on any atom is -0.473 e. The summed E-state index contributed by atoms with van der Waals surface area (Å²) in [6, 6.07) is 12.2. The largest absolute Gasteiger partial charge is 0.473 e. The number of rotatable bonds is 6. The van der Waals surface area contributed by atoms with Crippen molar-refractivity contribution in [2.45, 2.75) is 13.0 Å². The molecule has 0 aliphatic carbocycles. The highest BCUT2D eigenvalue weighted by atomic mass is 19.1. The molecule has 3 aromatic rings. The summed E-state index contributed by atoms with van der Waals surface area (Å²) in [6.07, 6.45) is -0.397. The Morgan fingerprint density at radius 1 is 1.03 bits per heavy atom. The van der Waals surface area contributed by atoms with Gasteiger partial charge in [0.1, 0.15) is 24.1 Å². The standard InChI is InChI=1S/C22H15F3N2O3/c1-29-22(28)9-15-8-19(25)16(10-18(15)24)20-3-2-4-21(27-20)30-12-14-6-5-13(11-26)7-17(14)23/h2-8,10H,9,12H2,1H3. The zero-order chi connectivity index (χ0) is 21.7. The van der Waals surface area contributed by atoms with Crippen LogP contribution in [0.1, 0.15) is 16.7 Å². The van der Waals surface area contributed by atoms with E-state index in [0.717, 1.165) is 25.3 Å². The molecule has 30 heavy (non-hydrogen) atoms. The van der Waals surface area contributed by atoms with Gasteiger partial charge in [-0.25, -0.2) is 18.2 Å². The number of methoxy groups -OCH3 is 1. The summed E-state index contributed by atoms with van der Waals surface area (Å²) in [7, 11) is 1.16. The number of carbonyl (C=O) groups is 1. The molecule has 0 N–H and O–H groups in total. The van der Waals surface area contributed by atoms with Gasteiger partial charge in [-0.05, 0) is 30.3 Å². The van der Waals surface area contributed by atoms with E-state index in [0.29, 0.717) is 0 Å². The molecule has 0 atom stereocenters. The molecule has 0 fully saturated rings. The summed E-state index contributed by atoms with van der Waals surface area (Å²) in [5.74, 6) is -2.75. The van der Waals surface area contributed by atoms with Crippen LogP contribution < -0.4 is 4.74 Å². The van der Waals surface area contributed by atoms with E-state index in [9.17, 15) is 18.0 Å². The van der Waals surface area contributed by atoms with Crippen LogP contribution in [0.15, 0.2) is 48.5 Å². The van der Waals surface area contributed by atoms with Gasteiger partial charge in [0, 0.05) is 22.8 Å². The van der Waals surface area contributed by atoms with Crippen LogP contribution in [0.3, 0.4) is 0 Å². The third kappa shape index (κ3) is 4.75. The number of carbonyl (C=O) groups excluding carboxylic acids is 1. The van der Waals surface area contributed by atoms with Gasteiger partial charge in [-0.3, -0.25) is 4.79 Å². The van der Waals surface area contributed by atoms with Crippen LogP contribution >= 0.6 is 0 Å². The number of esters is 1. The summed E-state index contributed by atoms with van der Waals surface area (Å²) >= 11 is 0. The van der Waals surface area contributed by atoms with Crippen molar-refractivity contribution in [3.8, 4) is 23.2 Å². The van der Waals surface area contributed by atoms with Gasteiger partial charge in [0.25, 0.3) is 0 Å². The van der Waals surface area contributed by atoms with Crippen LogP contribution in [0, 0.1) is 28.8 Å². The van der Waals surface area contributed by atoms with Crippen molar-refractivity contribution in [3.05, 3.63) is 82.7 Å². The Morgan fingerprint density at radius 3 is 2.50 bits per heavy atom. The zero-order valence-corrected chi connectivity index (χ0v) is 15.8. The predicted molar refractivity (Wildman–Crippen MR) is 101 cm³/mol. The Balaban J connectivity index is 1.81. The number of hydrogen-bond acceptors (Lipinski definition) is 5. The first-order valence-corrected chi connectivity index (χ1v) is 8.74. The normalized spacial score (nSPS) is 10.4. The third-order valence-corrected chi connectivity index (χ3v) is 4.26. The lowest BCUT2D eigenvalue weighted by Crippen LogP contribution is -2.07. The summed E-state index contributed by atoms with van der Waals surface area (Å²) < 4.78 is 52.7. The SMILES string of the molecule is COC(=O)Cc1cc(F)c(-c2cccc(OCc3ccc(C#N)cc3F)n2)cc1F. The second kappa shape index (κ2) is 9.09. The van der Waals surface area contributed by atoms with Crippen molar-refractivity contribution in [2.24, 2.45) is 0 Å². The Morgan fingerprint density at radius 2 is 1.80 bits per heavy atom. The molecule has 5 nitrogen and oxygen atoms in total. The number of hydrogen-bond donors (Lipinski definition) is 0. The molecular formula is C22H15F3N2O3. The van der Waals surface area contributed by atoms with Crippen LogP contribution in [-0.4, -0.2) is 18.1 Å². The zero-order valence-electron chi connectivity index (χ0n) is 15.8. The van der Waals surface area contributed by atoms with Gasteiger partial charge in [0.15, 0.2) is 0 Å². The molecule has 152 valence electrons. The highest BCUT2D eigenvalue weighted by Crippen LogP contribution is 2.26. The maximum atomic E-state index is 14.5. The van der Waals surface area contributed by atoms with E-state index in [1.165, 1.54) is 30.3 Å². The maximum absolute atomic E-state index is 14.5. The number of halogens is 3. The van der Waals surface area contributed by atoms with Gasteiger partial charge in [-0.1, -0.05) is 12.1 Å². The first-order chi connectivity index (χ1) is 14.4. The number of nitrogens with zero attached hydrogens (tertiary/aromatic N) is 2. The lowest BCUT2D eigenvalue weighted by Gasteiger charge is -2.10. The van der Waals surface area contributed by atoms with E-state index < -0.39 is 29.8 Å². The van der Waals surface area contributed by atoms with Gasteiger partial charge >= 0.3 is 5.97 Å². The van der Waals surface area contributed by atoms with Crippen LogP contribution in [0.2, 0.25) is 0 Å². The van der Waals surface area contributed by atoms with Crippen molar-refractivity contribution < 1.29 is 27.4 Å². The highest BCUT2D eigenvalue weighted by Gasteiger charge is 2.16. The van der Waals surface area contributed by atoms with Gasteiger partial charge in [-0.15, -0.1) is 0 Å². The average Bonchev–Trinajstić information content (AvgIpc) is 2.75. The molecule has 1 heterocycles. The molecule has 3 rings (SSSR count). The Labute approximate surface area is 170 Å². The van der Waals surface area contributed by atoms with Gasteiger partial charge in [0.05, 0.1) is 30.9 Å². The molecule has 1 aromatic heterocycles. The minimum atomic E-state index is -0.774.